The number of aliphatic hydroxyl groups excluding tert-OH is 2. The zero-order chi connectivity index (χ0) is 19.8. The van der Waals surface area contributed by atoms with Crippen molar-refractivity contribution in [2.24, 2.45) is 22.7 Å². The summed E-state index contributed by atoms with van der Waals surface area (Å²) in [6.07, 6.45) is 2.93. The second-order valence-corrected chi connectivity index (χ2v) is 9.60. The van der Waals surface area contributed by atoms with Gasteiger partial charge in [-0.15, -0.1) is 0 Å². The van der Waals surface area contributed by atoms with Crippen LogP contribution in [0.15, 0.2) is 11.6 Å². The molecule has 3 fully saturated rings. The predicted molar refractivity (Wildman–Crippen MR) is 95.5 cm³/mol. The van der Waals surface area contributed by atoms with Gasteiger partial charge in [-0.3, -0.25) is 9.59 Å². The van der Waals surface area contributed by atoms with Crippen LogP contribution in [0.4, 0.5) is 4.39 Å². The second kappa shape index (κ2) is 5.71. The van der Waals surface area contributed by atoms with Crippen LogP contribution >= 0.6 is 0 Å². The lowest BCUT2D eigenvalue weighted by Gasteiger charge is -2.61. The molecule has 5 nitrogen and oxygen atoms in total. The Labute approximate surface area is 158 Å². The number of carbonyl (C=O) groups is 2. The first-order valence-corrected chi connectivity index (χ1v) is 10.0. The maximum atomic E-state index is 16.7. The lowest BCUT2D eigenvalue weighted by molar-refractivity contribution is -0.193. The molecule has 4 aliphatic carbocycles. The van der Waals surface area contributed by atoms with Crippen molar-refractivity contribution in [2.75, 3.05) is 6.61 Å². The standard InChI is InChI=1S/C21H29FO5/c1-18-6-5-13(24)9-12(18)3-4-14-15-10-16(25)21(27,17(26)11-23)19(15,2)7-8-20(14,18)22/h9,14-16,23,25,27H,3-8,10-11H2,1-2H3/t14-,15-,16+,18-,19-,20+,21-/m0/s1. The van der Waals surface area contributed by atoms with Gasteiger partial charge in [-0.25, -0.2) is 4.39 Å². The topological polar surface area (TPSA) is 94.8 Å². The van der Waals surface area contributed by atoms with Gasteiger partial charge < -0.3 is 15.3 Å². The molecule has 7 atom stereocenters. The molecule has 0 radical (unpaired) electrons. The average Bonchev–Trinajstić information content (AvgIpc) is 2.84. The first kappa shape index (κ1) is 19.2. The van der Waals surface area contributed by atoms with E-state index < -0.39 is 40.6 Å². The van der Waals surface area contributed by atoms with Crippen molar-refractivity contribution in [1.82, 2.24) is 0 Å². The molecule has 0 aliphatic heterocycles. The van der Waals surface area contributed by atoms with Gasteiger partial charge in [0.2, 0.25) is 0 Å². The highest BCUT2D eigenvalue weighted by Gasteiger charge is 2.73. The highest BCUT2D eigenvalue weighted by atomic mass is 19.1. The van der Waals surface area contributed by atoms with E-state index in [-0.39, 0.29) is 36.9 Å². The summed E-state index contributed by atoms with van der Waals surface area (Å²) in [7, 11) is 0. The van der Waals surface area contributed by atoms with Gasteiger partial charge in [0.25, 0.3) is 0 Å². The van der Waals surface area contributed by atoms with Crippen LogP contribution in [-0.2, 0) is 9.59 Å². The normalized spacial score (nSPS) is 51.9. The van der Waals surface area contributed by atoms with E-state index in [1.165, 1.54) is 0 Å². The number of allylic oxidation sites excluding steroid dienone is 1. The molecule has 0 heterocycles. The van der Waals surface area contributed by atoms with Crippen molar-refractivity contribution in [2.45, 2.75) is 76.2 Å². The van der Waals surface area contributed by atoms with Gasteiger partial charge in [0, 0.05) is 17.3 Å². The van der Waals surface area contributed by atoms with Crippen molar-refractivity contribution in [3.8, 4) is 0 Å². The highest BCUT2D eigenvalue weighted by molar-refractivity contribution is 5.92. The summed E-state index contributed by atoms with van der Waals surface area (Å²) in [6, 6.07) is 0. The molecule has 0 aromatic heterocycles. The van der Waals surface area contributed by atoms with Crippen molar-refractivity contribution in [3.63, 3.8) is 0 Å². The number of carbonyl (C=O) groups excluding carboxylic acids is 2. The van der Waals surface area contributed by atoms with Crippen LogP contribution in [0.1, 0.15) is 58.8 Å². The molecule has 0 aromatic rings. The Morgan fingerprint density at radius 3 is 2.59 bits per heavy atom. The Kier molecular flexibility index (Phi) is 4.06. The first-order valence-electron chi connectivity index (χ1n) is 10.0. The number of Topliss-reactive ketones (excluding diaryl/α,β-unsaturated/α-hetero) is 1. The summed E-state index contributed by atoms with van der Waals surface area (Å²) in [5, 5.41) is 31.1. The fourth-order valence-electron chi connectivity index (χ4n) is 7.10. The molecule has 0 aromatic carbocycles. The molecule has 0 saturated heterocycles. The Bertz CT molecular complexity index is 734. The Morgan fingerprint density at radius 2 is 1.93 bits per heavy atom. The zero-order valence-corrected chi connectivity index (χ0v) is 16.0. The highest BCUT2D eigenvalue weighted by Crippen LogP contribution is 2.70. The predicted octanol–water partition coefficient (Wildman–Crippen LogP) is 1.87. The van der Waals surface area contributed by atoms with E-state index in [2.05, 4.69) is 0 Å². The van der Waals surface area contributed by atoms with Crippen LogP contribution in [0.2, 0.25) is 0 Å². The number of alkyl halides is 1. The number of aliphatic hydroxyl groups is 3. The van der Waals surface area contributed by atoms with E-state index in [9.17, 15) is 24.9 Å². The third-order valence-corrected chi connectivity index (χ3v) is 8.86. The van der Waals surface area contributed by atoms with Crippen molar-refractivity contribution < 1.29 is 29.3 Å². The minimum Gasteiger partial charge on any atom is -0.390 e. The number of hydrogen-bond acceptors (Lipinski definition) is 5. The molecule has 0 spiro atoms. The summed E-state index contributed by atoms with van der Waals surface area (Å²) in [5.41, 5.74) is -4.34. The van der Waals surface area contributed by atoms with Gasteiger partial charge in [-0.1, -0.05) is 19.4 Å². The van der Waals surface area contributed by atoms with Gasteiger partial charge in [-0.05, 0) is 56.4 Å². The molecular formula is C21H29FO5. The zero-order valence-electron chi connectivity index (χ0n) is 16.0. The number of rotatable bonds is 2. The van der Waals surface area contributed by atoms with E-state index in [1.807, 2.05) is 6.92 Å². The van der Waals surface area contributed by atoms with Crippen LogP contribution in [0.5, 0.6) is 0 Å². The van der Waals surface area contributed by atoms with E-state index in [4.69, 9.17) is 0 Å². The summed E-state index contributed by atoms with van der Waals surface area (Å²) < 4.78 is 16.7. The minimum absolute atomic E-state index is 0.0596. The SMILES string of the molecule is C[C@]12CCC(=O)C=C1CC[C@H]1[C@@H]3C[C@@H](O)[C@](O)(C(=O)CO)[C@@]3(C)CC[C@@]12F. The molecule has 0 amide bonds. The van der Waals surface area contributed by atoms with Gasteiger partial charge in [0.15, 0.2) is 17.2 Å². The van der Waals surface area contributed by atoms with E-state index in [0.29, 0.717) is 25.7 Å². The Balaban J connectivity index is 1.77. The van der Waals surface area contributed by atoms with Gasteiger partial charge >= 0.3 is 0 Å². The molecular weight excluding hydrogens is 351 g/mol. The number of fused-ring (bicyclic) bond motifs is 5. The first-order chi connectivity index (χ1) is 12.5. The van der Waals surface area contributed by atoms with E-state index in [0.717, 1.165) is 5.57 Å². The molecule has 4 aliphatic rings. The lowest BCUT2D eigenvalue weighted by atomic mass is 9.44. The fraction of sp³-hybridized carbons (Fsp3) is 0.810. The van der Waals surface area contributed by atoms with Gasteiger partial charge in [0.1, 0.15) is 12.3 Å². The molecule has 6 heteroatoms. The van der Waals surface area contributed by atoms with Crippen molar-refractivity contribution in [3.05, 3.63) is 11.6 Å². The van der Waals surface area contributed by atoms with Crippen molar-refractivity contribution >= 4 is 11.6 Å². The maximum absolute atomic E-state index is 16.7. The fourth-order valence-corrected chi connectivity index (χ4v) is 7.10. The van der Waals surface area contributed by atoms with Gasteiger partial charge in [-0.2, -0.15) is 0 Å². The molecule has 0 unspecified atom stereocenters. The summed E-state index contributed by atoms with van der Waals surface area (Å²) in [6.45, 7) is 2.84. The minimum atomic E-state index is -2.03. The van der Waals surface area contributed by atoms with Crippen molar-refractivity contribution in [1.29, 1.82) is 0 Å². The smallest absolute Gasteiger partial charge is 0.192 e. The summed E-state index contributed by atoms with van der Waals surface area (Å²) in [5.74, 6) is -1.45. The Hall–Kier alpha value is -1.11. The number of ketones is 2. The lowest BCUT2D eigenvalue weighted by Crippen LogP contribution is -2.65. The van der Waals surface area contributed by atoms with Crippen LogP contribution in [-0.4, -0.2) is 50.9 Å². The number of halogens is 1. The molecule has 0 bridgehead atoms. The molecule has 150 valence electrons. The van der Waals surface area contributed by atoms with Gasteiger partial charge in [0.05, 0.1) is 6.10 Å². The van der Waals surface area contributed by atoms with Crippen LogP contribution in [0, 0.1) is 22.7 Å². The quantitative estimate of drug-likeness (QED) is 0.680. The molecule has 3 N–H and O–H groups in total. The maximum Gasteiger partial charge on any atom is 0.192 e. The summed E-state index contributed by atoms with van der Waals surface area (Å²) in [4.78, 5) is 24.2. The molecule has 3 saturated carbocycles. The molecule has 27 heavy (non-hydrogen) atoms. The van der Waals surface area contributed by atoms with E-state index in [1.54, 1.807) is 13.0 Å². The third kappa shape index (κ3) is 2.10. The van der Waals surface area contributed by atoms with Crippen LogP contribution in [0.25, 0.3) is 0 Å². The average molecular weight is 380 g/mol. The number of hydrogen-bond donors (Lipinski definition) is 3. The summed E-state index contributed by atoms with van der Waals surface area (Å²) >= 11 is 0. The third-order valence-electron chi connectivity index (χ3n) is 8.86. The van der Waals surface area contributed by atoms with E-state index >= 15 is 4.39 Å². The Morgan fingerprint density at radius 1 is 1.22 bits per heavy atom. The second-order valence-electron chi connectivity index (χ2n) is 9.60. The monoisotopic (exact) mass is 380 g/mol. The molecule has 4 rings (SSSR count). The van der Waals surface area contributed by atoms with Crippen LogP contribution < -0.4 is 0 Å². The largest absolute Gasteiger partial charge is 0.390 e. The van der Waals surface area contributed by atoms with Crippen LogP contribution in [0.3, 0.4) is 0 Å².